The van der Waals surface area contributed by atoms with Crippen molar-refractivity contribution in [1.29, 1.82) is 0 Å². The van der Waals surface area contributed by atoms with Crippen molar-refractivity contribution < 1.29 is 9.53 Å². The summed E-state index contributed by atoms with van der Waals surface area (Å²) in [5.41, 5.74) is 0.733. The number of hydrogen-bond donors (Lipinski definition) is 0. The van der Waals surface area contributed by atoms with E-state index in [1.54, 1.807) is 31.4 Å². The highest BCUT2D eigenvalue weighted by Crippen LogP contribution is 2.12. The van der Waals surface area contributed by atoms with Crippen molar-refractivity contribution in [3.8, 4) is 0 Å². The number of halogens is 1. The van der Waals surface area contributed by atoms with Crippen LogP contribution in [-0.4, -0.2) is 19.5 Å². The van der Waals surface area contributed by atoms with Crippen LogP contribution in [0.1, 0.15) is 29.6 Å². The number of ether oxygens (including phenoxy) is 1. The number of carbonyl (C=O) groups is 1. The summed E-state index contributed by atoms with van der Waals surface area (Å²) < 4.78 is 4.92. The minimum absolute atomic E-state index is 0.169. The Morgan fingerprint density at radius 2 is 1.93 bits per heavy atom. The minimum atomic E-state index is 0.169. The topological polar surface area (TPSA) is 26.3 Å². The van der Waals surface area contributed by atoms with Crippen molar-refractivity contribution in [3.63, 3.8) is 0 Å². The average Bonchev–Trinajstić information content (AvgIpc) is 2.25. The van der Waals surface area contributed by atoms with E-state index in [-0.39, 0.29) is 5.78 Å². The van der Waals surface area contributed by atoms with Crippen LogP contribution in [0.3, 0.4) is 0 Å². The zero-order valence-corrected chi connectivity index (χ0v) is 9.59. The lowest BCUT2D eigenvalue weighted by Gasteiger charge is -2.01. The number of benzene rings is 1. The van der Waals surface area contributed by atoms with E-state index >= 15 is 0 Å². The quantitative estimate of drug-likeness (QED) is 0.549. The SMILES string of the molecule is COCCCCC(=O)c1ccc(Cl)cc1. The molecule has 0 N–H and O–H groups in total. The van der Waals surface area contributed by atoms with Gasteiger partial charge in [0, 0.05) is 30.7 Å². The highest BCUT2D eigenvalue weighted by molar-refractivity contribution is 6.30. The Balaban J connectivity index is 2.37. The van der Waals surface area contributed by atoms with Gasteiger partial charge in [0.25, 0.3) is 0 Å². The van der Waals surface area contributed by atoms with Gasteiger partial charge in [-0.1, -0.05) is 11.6 Å². The summed E-state index contributed by atoms with van der Waals surface area (Å²) in [4.78, 5) is 11.6. The number of carbonyl (C=O) groups excluding carboxylic acids is 1. The molecule has 0 unspecified atom stereocenters. The zero-order valence-electron chi connectivity index (χ0n) is 8.83. The number of hydrogen-bond acceptors (Lipinski definition) is 2. The second kappa shape index (κ2) is 6.59. The van der Waals surface area contributed by atoms with Crippen molar-refractivity contribution >= 4 is 17.4 Å². The highest BCUT2D eigenvalue weighted by Gasteiger charge is 2.04. The molecule has 1 rings (SSSR count). The fourth-order valence-electron chi connectivity index (χ4n) is 1.31. The van der Waals surface area contributed by atoms with Crippen LogP contribution in [0.4, 0.5) is 0 Å². The maximum atomic E-state index is 11.6. The third-order valence-corrected chi connectivity index (χ3v) is 2.42. The summed E-state index contributed by atoms with van der Waals surface area (Å²) in [5.74, 6) is 0.169. The summed E-state index contributed by atoms with van der Waals surface area (Å²) >= 11 is 5.73. The highest BCUT2D eigenvalue weighted by atomic mass is 35.5. The van der Waals surface area contributed by atoms with Crippen LogP contribution in [0, 0.1) is 0 Å². The molecule has 0 radical (unpaired) electrons. The molecule has 0 atom stereocenters. The molecule has 15 heavy (non-hydrogen) atoms. The number of ketones is 1. The maximum absolute atomic E-state index is 11.6. The first-order valence-electron chi connectivity index (χ1n) is 5.01. The predicted octanol–water partition coefficient (Wildman–Crippen LogP) is 3.34. The Hall–Kier alpha value is -0.860. The van der Waals surface area contributed by atoms with Gasteiger partial charge in [0.1, 0.15) is 0 Å². The van der Waals surface area contributed by atoms with Gasteiger partial charge >= 0.3 is 0 Å². The number of rotatable bonds is 6. The molecular formula is C12H15ClO2. The van der Waals surface area contributed by atoms with Gasteiger partial charge in [-0.25, -0.2) is 0 Å². The van der Waals surface area contributed by atoms with Gasteiger partial charge in [-0.2, -0.15) is 0 Å². The molecule has 0 aliphatic heterocycles. The summed E-state index contributed by atoms with van der Waals surface area (Å²) in [6.45, 7) is 0.716. The predicted molar refractivity (Wildman–Crippen MR) is 61.5 cm³/mol. The summed E-state index contributed by atoms with van der Waals surface area (Å²) in [6, 6.07) is 7.01. The van der Waals surface area contributed by atoms with Gasteiger partial charge in [0.05, 0.1) is 0 Å². The minimum Gasteiger partial charge on any atom is -0.385 e. The molecule has 0 aliphatic carbocycles. The Bertz CT molecular complexity index is 306. The van der Waals surface area contributed by atoms with Crippen LogP contribution in [-0.2, 0) is 4.74 Å². The van der Waals surface area contributed by atoms with Gasteiger partial charge in [-0.3, -0.25) is 4.79 Å². The van der Waals surface area contributed by atoms with Crippen LogP contribution in [0.25, 0.3) is 0 Å². The maximum Gasteiger partial charge on any atom is 0.162 e. The molecule has 0 saturated carbocycles. The number of unbranched alkanes of at least 4 members (excludes halogenated alkanes) is 1. The van der Waals surface area contributed by atoms with Crippen molar-refractivity contribution in [2.24, 2.45) is 0 Å². The van der Waals surface area contributed by atoms with Crippen molar-refractivity contribution in [2.45, 2.75) is 19.3 Å². The Labute approximate surface area is 95.2 Å². The van der Waals surface area contributed by atoms with E-state index < -0.39 is 0 Å². The van der Waals surface area contributed by atoms with E-state index in [9.17, 15) is 4.79 Å². The van der Waals surface area contributed by atoms with E-state index in [4.69, 9.17) is 16.3 Å². The molecule has 0 fully saturated rings. The molecule has 0 saturated heterocycles. The van der Waals surface area contributed by atoms with E-state index in [0.717, 1.165) is 18.4 Å². The Morgan fingerprint density at radius 3 is 2.53 bits per heavy atom. The van der Waals surface area contributed by atoms with Gasteiger partial charge in [-0.15, -0.1) is 0 Å². The fourth-order valence-corrected chi connectivity index (χ4v) is 1.44. The molecule has 0 heterocycles. The van der Waals surface area contributed by atoms with Crippen molar-refractivity contribution in [3.05, 3.63) is 34.9 Å². The summed E-state index contributed by atoms with van der Waals surface area (Å²) in [6.07, 6.45) is 2.37. The summed E-state index contributed by atoms with van der Waals surface area (Å²) in [7, 11) is 1.67. The molecule has 0 amide bonds. The van der Waals surface area contributed by atoms with Gasteiger partial charge in [0.2, 0.25) is 0 Å². The molecule has 0 aliphatic rings. The first-order chi connectivity index (χ1) is 7.24. The van der Waals surface area contributed by atoms with Gasteiger partial charge in [0.15, 0.2) is 5.78 Å². The largest absolute Gasteiger partial charge is 0.385 e. The Kier molecular flexibility index (Phi) is 5.37. The molecule has 3 heteroatoms. The molecule has 82 valence electrons. The molecular weight excluding hydrogens is 212 g/mol. The fraction of sp³-hybridized carbons (Fsp3) is 0.417. The van der Waals surface area contributed by atoms with Gasteiger partial charge < -0.3 is 4.74 Å². The number of Topliss-reactive ketones (excluding diaryl/α,β-unsaturated/α-hetero) is 1. The smallest absolute Gasteiger partial charge is 0.162 e. The van der Waals surface area contributed by atoms with Crippen molar-refractivity contribution in [2.75, 3.05) is 13.7 Å². The van der Waals surface area contributed by atoms with Crippen LogP contribution >= 0.6 is 11.6 Å². The molecule has 0 spiro atoms. The third kappa shape index (κ3) is 4.45. The Morgan fingerprint density at radius 1 is 1.27 bits per heavy atom. The second-order valence-corrected chi connectivity index (χ2v) is 3.82. The second-order valence-electron chi connectivity index (χ2n) is 3.38. The van der Waals surface area contributed by atoms with Crippen LogP contribution in [0.15, 0.2) is 24.3 Å². The third-order valence-electron chi connectivity index (χ3n) is 2.17. The van der Waals surface area contributed by atoms with E-state index in [1.165, 1.54) is 0 Å². The molecule has 1 aromatic rings. The lowest BCUT2D eigenvalue weighted by Crippen LogP contribution is -1.99. The first kappa shape index (κ1) is 12.2. The van der Waals surface area contributed by atoms with E-state index in [1.807, 2.05) is 0 Å². The zero-order chi connectivity index (χ0) is 11.1. The standard InChI is InChI=1S/C12H15ClO2/c1-15-9-3-2-4-12(14)10-5-7-11(13)8-6-10/h5-8H,2-4,9H2,1H3. The van der Waals surface area contributed by atoms with Crippen LogP contribution < -0.4 is 0 Å². The monoisotopic (exact) mass is 226 g/mol. The van der Waals surface area contributed by atoms with E-state index in [2.05, 4.69) is 0 Å². The molecule has 1 aromatic carbocycles. The van der Waals surface area contributed by atoms with Crippen molar-refractivity contribution in [1.82, 2.24) is 0 Å². The average molecular weight is 227 g/mol. The first-order valence-corrected chi connectivity index (χ1v) is 5.39. The van der Waals surface area contributed by atoms with E-state index in [0.29, 0.717) is 18.1 Å². The summed E-state index contributed by atoms with van der Waals surface area (Å²) in [5, 5.41) is 0.658. The molecule has 2 nitrogen and oxygen atoms in total. The normalized spacial score (nSPS) is 10.3. The number of methoxy groups -OCH3 is 1. The molecule has 0 bridgehead atoms. The molecule has 0 aromatic heterocycles. The lowest BCUT2D eigenvalue weighted by molar-refractivity contribution is 0.0975. The van der Waals surface area contributed by atoms with Crippen LogP contribution in [0.2, 0.25) is 5.02 Å². The van der Waals surface area contributed by atoms with Crippen LogP contribution in [0.5, 0.6) is 0 Å². The van der Waals surface area contributed by atoms with Gasteiger partial charge in [-0.05, 0) is 37.1 Å². The lowest BCUT2D eigenvalue weighted by atomic mass is 10.1.